The lowest BCUT2D eigenvalue weighted by Crippen LogP contribution is -2.49. The van der Waals surface area contributed by atoms with E-state index in [1.807, 2.05) is 0 Å². The van der Waals surface area contributed by atoms with Crippen molar-refractivity contribution >= 4 is 11.7 Å². The summed E-state index contributed by atoms with van der Waals surface area (Å²) in [5.74, 6) is -1.22. The molecule has 0 bridgehead atoms. The van der Waals surface area contributed by atoms with Gasteiger partial charge < -0.3 is 10.4 Å². The molecule has 0 amide bonds. The van der Waals surface area contributed by atoms with Gasteiger partial charge in [-0.25, -0.2) is 9.18 Å². The van der Waals surface area contributed by atoms with Gasteiger partial charge in [-0.15, -0.1) is 0 Å². The summed E-state index contributed by atoms with van der Waals surface area (Å²) in [5, 5.41) is 12.6. The van der Waals surface area contributed by atoms with Gasteiger partial charge in [0.2, 0.25) is 0 Å². The average Bonchev–Trinajstić information content (AvgIpc) is 3.12. The highest BCUT2D eigenvalue weighted by atomic mass is 19.1. The summed E-state index contributed by atoms with van der Waals surface area (Å²) in [6.07, 6.45) is 2.88. The first-order valence-electron chi connectivity index (χ1n) is 6.60. The Morgan fingerprint density at radius 2 is 2.26 bits per heavy atom. The first kappa shape index (κ1) is 12.4. The maximum Gasteiger partial charge on any atom is 0.330 e. The van der Waals surface area contributed by atoms with Gasteiger partial charge in [-0.3, -0.25) is 4.90 Å². The van der Waals surface area contributed by atoms with Crippen LogP contribution >= 0.6 is 0 Å². The number of benzene rings is 1. The molecule has 0 spiro atoms. The fraction of sp³-hybridized carbons (Fsp3) is 0.500. The number of rotatable bonds is 4. The zero-order chi connectivity index (χ0) is 13.5. The Kier molecular flexibility index (Phi) is 2.93. The first-order chi connectivity index (χ1) is 9.09. The second kappa shape index (κ2) is 4.49. The lowest BCUT2D eigenvalue weighted by atomic mass is 9.98. The van der Waals surface area contributed by atoms with Crippen LogP contribution in [0.1, 0.15) is 19.3 Å². The lowest BCUT2D eigenvalue weighted by Gasteiger charge is -2.27. The second-order valence-corrected chi connectivity index (χ2v) is 5.47. The van der Waals surface area contributed by atoms with Crippen molar-refractivity contribution in [3.63, 3.8) is 0 Å². The monoisotopic (exact) mass is 264 g/mol. The molecule has 19 heavy (non-hydrogen) atoms. The summed E-state index contributed by atoms with van der Waals surface area (Å²) < 4.78 is 13.2. The van der Waals surface area contributed by atoms with Crippen molar-refractivity contribution in [2.75, 3.05) is 18.4 Å². The van der Waals surface area contributed by atoms with Crippen LogP contribution in [0.4, 0.5) is 10.1 Å². The normalized spacial score (nSPS) is 27.4. The molecule has 2 fully saturated rings. The molecular weight excluding hydrogens is 247 g/mol. The third-order valence-electron chi connectivity index (χ3n) is 3.98. The van der Waals surface area contributed by atoms with Crippen LogP contribution < -0.4 is 5.32 Å². The standard InChI is InChI=1S/C14H17FN2O2/c15-10-2-1-3-11(8-10)16-14(13(18)19)6-7-17(9-14)12-4-5-12/h1-3,8,12,16H,4-7,9H2,(H,18,19). The van der Waals surface area contributed by atoms with Gasteiger partial charge in [0.25, 0.3) is 0 Å². The molecule has 1 heterocycles. The Labute approximate surface area is 111 Å². The number of hydrogen-bond acceptors (Lipinski definition) is 3. The van der Waals surface area contributed by atoms with E-state index in [0.29, 0.717) is 24.7 Å². The summed E-state index contributed by atoms with van der Waals surface area (Å²) in [6, 6.07) is 6.53. The molecule has 1 aliphatic heterocycles. The van der Waals surface area contributed by atoms with E-state index >= 15 is 0 Å². The van der Waals surface area contributed by atoms with Crippen molar-refractivity contribution in [3.05, 3.63) is 30.1 Å². The number of nitrogens with zero attached hydrogens (tertiary/aromatic N) is 1. The molecule has 1 unspecified atom stereocenters. The quantitative estimate of drug-likeness (QED) is 0.872. The third-order valence-corrected chi connectivity index (χ3v) is 3.98. The van der Waals surface area contributed by atoms with Crippen molar-refractivity contribution < 1.29 is 14.3 Å². The molecule has 2 aliphatic rings. The Morgan fingerprint density at radius 3 is 2.89 bits per heavy atom. The maximum atomic E-state index is 13.2. The number of carboxylic acids is 1. The predicted octanol–water partition coefficient (Wildman–Crippen LogP) is 1.93. The average molecular weight is 264 g/mol. The number of likely N-dealkylation sites (tertiary alicyclic amines) is 1. The number of hydrogen-bond donors (Lipinski definition) is 2. The van der Waals surface area contributed by atoms with Gasteiger partial charge in [-0.05, 0) is 37.5 Å². The molecule has 0 aromatic heterocycles. The van der Waals surface area contributed by atoms with Crippen molar-refractivity contribution in [3.8, 4) is 0 Å². The molecule has 1 aromatic rings. The molecule has 3 rings (SSSR count). The lowest BCUT2D eigenvalue weighted by molar-refractivity contribution is -0.141. The summed E-state index contributed by atoms with van der Waals surface area (Å²) in [6.45, 7) is 1.28. The number of carboxylic acid groups (broad SMARTS) is 1. The molecule has 5 heteroatoms. The van der Waals surface area contributed by atoms with Crippen LogP contribution in [0.3, 0.4) is 0 Å². The van der Waals surface area contributed by atoms with Crippen LogP contribution in [0.25, 0.3) is 0 Å². The number of anilines is 1. The van der Waals surface area contributed by atoms with Crippen LogP contribution in [0, 0.1) is 5.82 Å². The largest absolute Gasteiger partial charge is 0.479 e. The second-order valence-electron chi connectivity index (χ2n) is 5.47. The Morgan fingerprint density at radius 1 is 1.47 bits per heavy atom. The zero-order valence-electron chi connectivity index (χ0n) is 10.6. The van der Waals surface area contributed by atoms with Gasteiger partial charge >= 0.3 is 5.97 Å². The van der Waals surface area contributed by atoms with E-state index in [1.54, 1.807) is 12.1 Å². The summed E-state index contributed by atoms with van der Waals surface area (Å²) >= 11 is 0. The number of nitrogens with one attached hydrogen (secondary N) is 1. The minimum absolute atomic E-state index is 0.359. The molecule has 1 aliphatic carbocycles. The van der Waals surface area contributed by atoms with E-state index in [2.05, 4.69) is 10.2 Å². The predicted molar refractivity (Wildman–Crippen MR) is 69.6 cm³/mol. The summed E-state index contributed by atoms with van der Waals surface area (Å²) in [4.78, 5) is 13.8. The number of aliphatic carboxylic acids is 1. The highest BCUT2D eigenvalue weighted by molar-refractivity contribution is 5.83. The molecule has 1 saturated carbocycles. The third kappa shape index (κ3) is 2.42. The van der Waals surface area contributed by atoms with Crippen LogP contribution in [0.2, 0.25) is 0 Å². The topological polar surface area (TPSA) is 52.6 Å². The highest BCUT2D eigenvalue weighted by Crippen LogP contribution is 2.35. The zero-order valence-corrected chi connectivity index (χ0v) is 10.6. The minimum atomic E-state index is -0.990. The van der Waals surface area contributed by atoms with Gasteiger partial charge in [0, 0.05) is 24.8 Å². The molecule has 1 atom stereocenters. The fourth-order valence-corrected chi connectivity index (χ4v) is 2.76. The van der Waals surface area contributed by atoms with Gasteiger partial charge in [0.15, 0.2) is 0 Å². The smallest absolute Gasteiger partial charge is 0.330 e. The van der Waals surface area contributed by atoms with E-state index in [1.165, 1.54) is 12.1 Å². The molecular formula is C14H17FN2O2. The van der Waals surface area contributed by atoms with Crippen molar-refractivity contribution in [2.24, 2.45) is 0 Å². The van der Waals surface area contributed by atoms with Crippen LogP contribution in [0.5, 0.6) is 0 Å². The molecule has 102 valence electrons. The maximum absolute atomic E-state index is 13.2. The van der Waals surface area contributed by atoms with Gasteiger partial charge in [0.05, 0.1) is 0 Å². The number of halogens is 1. The van der Waals surface area contributed by atoms with Gasteiger partial charge in [0.1, 0.15) is 11.4 Å². The summed E-state index contributed by atoms with van der Waals surface area (Å²) in [5.41, 5.74) is -0.462. The van der Waals surface area contributed by atoms with E-state index in [-0.39, 0.29) is 5.82 Å². The molecule has 1 aromatic carbocycles. The van der Waals surface area contributed by atoms with Crippen molar-refractivity contribution in [1.29, 1.82) is 0 Å². The van der Waals surface area contributed by atoms with E-state index in [4.69, 9.17) is 0 Å². The van der Waals surface area contributed by atoms with Crippen LogP contribution in [-0.2, 0) is 4.79 Å². The van der Waals surface area contributed by atoms with Crippen LogP contribution in [0.15, 0.2) is 24.3 Å². The molecule has 4 nitrogen and oxygen atoms in total. The van der Waals surface area contributed by atoms with E-state index in [9.17, 15) is 14.3 Å². The van der Waals surface area contributed by atoms with Crippen molar-refractivity contribution in [2.45, 2.75) is 30.8 Å². The molecule has 2 N–H and O–H groups in total. The fourth-order valence-electron chi connectivity index (χ4n) is 2.76. The van der Waals surface area contributed by atoms with Gasteiger partial charge in [-0.2, -0.15) is 0 Å². The Hall–Kier alpha value is -1.62. The Bertz CT molecular complexity index is 504. The Balaban J connectivity index is 1.79. The molecule has 1 saturated heterocycles. The summed E-state index contributed by atoms with van der Waals surface area (Å²) in [7, 11) is 0. The van der Waals surface area contributed by atoms with Gasteiger partial charge in [-0.1, -0.05) is 6.07 Å². The van der Waals surface area contributed by atoms with Crippen molar-refractivity contribution in [1.82, 2.24) is 4.90 Å². The highest BCUT2D eigenvalue weighted by Gasteiger charge is 2.48. The minimum Gasteiger partial charge on any atom is -0.479 e. The SMILES string of the molecule is O=C(O)C1(Nc2cccc(F)c2)CCN(C2CC2)C1. The van der Waals surface area contributed by atoms with Crippen LogP contribution in [-0.4, -0.2) is 40.6 Å². The van der Waals surface area contributed by atoms with E-state index < -0.39 is 11.5 Å². The number of carbonyl (C=O) groups is 1. The van der Waals surface area contributed by atoms with E-state index in [0.717, 1.165) is 19.4 Å². The first-order valence-corrected chi connectivity index (χ1v) is 6.60. The molecule has 0 radical (unpaired) electrons.